The Balaban J connectivity index is 1.92. The topological polar surface area (TPSA) is 35.2 Å². The molecular weight excluding hydrogens is 278 g/mol. The van der Waals surface area contributed by atoms with Gasteiger partial charge in [-0.25, -0.2) is 0 Å². The number of ether oxygens (including phenoxy) is 1. The Morgan fingerprint density at radius 1 is 1.00 bits per heavy atom. The molecule has 0 fully saturated rings. The molecule has 1 heterocycles. The molecule has 2 aromatic carbocycles. The average Bonchev–Trinajstić information content (AvgIpc) is 2.90. The van der Waals surface area contributed by atoms with Crippen LogP contribution in [0.15, 0.2) is 54.6 Å². The van der Waals surface area contributed by atoms with E-state index in [1.54, 1.807) is 11.3 Å². The van der Waals surface area contributed by atoms with Crippen LogP contribution in [0.2, 0.25) is 0 Å². The van der Waals surface area contributed by atoms with E-state index in [9.17, 15) is 0 Å². The van der Waals surface area contributed by atoms with Crippen LogP contribution in [-0.4, -0.2) is 6.10 Å². The van der Waals surface area contributed by atoms with E-state index in [-0.39, 0.29) is 12.1 Å². The quantitative estimate of drug-likeness (QED) is 0.755. The highest BCUT2D eigenvalue weighted by Crippen LogP contribution is 2.32. The van der Waals surface area contributed by atoms with Crippen LogP contribution in [0.25, 0.3) is 10.1 Å². The van der Waals surface area contributed by atoms with Crippen molar-refractivity contribution in [2.24, 2.45) is 5.73 Å². The number of fused-ring (bicyclic) bond motifs is 1. The van der Waals surface area contributed by atoms with Crippen molar-refractivity contribution in [3.63, 3.8) is 0 Å². The molecule has 1 unspecified atom stereocenters. The average molecular weight is 297 g/mol. The summed E-state index contributed by atoms with van der Waals surface area (Å²) >= 11 is 1.75. The predicted molar refractivity (Wildman–Crippen MR) is 90.1 cm³/mol. The van der Waals surface area contributed by atoms with Gasteiger partial charge in [-0.3, -0.25) is 0 Å². The lowest BCUT2D eigenvalue weighted by molar-refractivity contribution is 0.242. The summed E-state index contributed by atoms with van der Waals surface area (Å²) in [5.74, 6) is 0.874. The summed E-state index contributed by atoms with van der Waals surface area (Å²) in [5.41, 5.74) is 7.52. The van der Waals surface area contributed by atoms with Gasteiger partial charge in [-0.1, -0.05) is 30.3 Å². The number of benzene rings is 2. The van der Waals surface area contributed by atoms with Gasteiger partial charge in [-0.2, -0.15) is 0 Å². The summed E-state index contributed by atoms with van der Waals surface area (Å²) in [7, 11) is 0. The maximum absolute atomic E-state index is 6.43. The number of rotatable bonds is 4. The Hall–Kier alpha value is -1.84. The molecule has 108 valence electrons. The summed E-state index contributed by atoms with van der Waals surface area (Å²) in [6.45, 7) is 4.05. The van der Waals surface area contributed by atoms with Crippen LogP contribution in [0.5, 0.6) is 5.75 Å². The Kier molecular flexibility index (Phi) is 3.95. The summed E-state index contributed by atoms with van der Waals surface area (Å²) in [5, 5.41) is 1.25. The van der Waals surface area contributed by atoms with Crippen molar-refractivity contribution < 1.29 is 4.74 Å². The summed E-state index contributed by atoms with van der Waals surface area (Å²) in [6, 6.07) is 18.5. The van der Waals surface area contributed by atoms with Gasteiger partial charge in [0.15, 0.2) is 0 Å². The lowest BCUT2D eigenvalue weighted by Crippen LogP contribution is -2.11. The first-order valence-corrected chi connectivity index (χ1v) is 7.96. The lowest BCUT2D eigenvalue weighted by atomic mass is 10.1. The molecule has 0 aliphatic carbocycles. The van der Waals surface area contributed by atoms with Crippen molar-refractivity contribution >= 4 is 21.4 Å². The first-order chi connectivity index (χ1) is 10.1. The van der Waals surface area contributed by atoms with E-state index in [2.05, 4.69) is 36.4 Å². The van der Waals surface area contributed by atoms with E-state index >= 15 is 0 Å². The normalized spacial score (nSPS) is 12.8. The zero-order valence-electron chi connectivity index (χ0n) is 12.2. The van der Waals surface area contributed by atoms with Crippen LogP contribution in [0, 0.1) is 0 Å². The molecule has 0 aliphatic rings. The standard InChI is InChI=1S/C18H19NOS/c1-12(2)20-15-8-5-7-14(10-15)18(19)17-11-13-6-3-4-9-16(13)21-17/h3-12,18H,19H2,1-2H3. The van der Waals surface area contributed by atoms with Gasteiger partial charge < -0.3 is 10.5 Å². The maximum atomic E-state index is 6.43. The van der Waals surface area contributed by atoms with Crippen molar-refractivity contribution in [2.45, 2.75) is 26.0 Å². The fourth-order valence-corrected chi connectivity index (χ4v) is 3.47. The van der Waals surface area contributed by atoms with E-state index in [1.165, 1.54) is 15.0 Å². The third-order valence-electron chi connectivity index (χ3n) is 3.34. The third kappa shape index (κ3) is 3.09. The zero-order valence-corrected chi connectivity index (χ0v) is 13.1. The van der Waals surface area contributed by atoms with Gasteiger partial charge in [0.25, 0.3) is 0 Å². The molecule has 3 rings (SSSR count). The number of thiophene rings is 1. The number of hydrogen-bond acceptors (Lipinski definition) is 3. The van der Waals surface area contributed by atoms with Crippen LogP contribution >= 0.6 is 11.3 Å². The Morgan fingerprint density at radius 2 is 1.81 bits per heavy atom. The molecule has 1 atom stereocenters. The molecule has 0 spiro atoms. The summed E-state index contributed by atoms with van der Waals surface area (Å²) < 4.78 is 7.02. The molecule has 1 aromatic heterocycles. The molecule has 0 saturated carbocycles. The maximum Gasteiger partial charge on any atom is 0.120 e. The molecule has 0 saturated heterocycles. The van der Waals surface area contributed by atoms with E-state index in [4.69, 9.17) is 10.5 Å². The second kappa shape index (κ2) is 5.88. The second-order valence-corrected chi connectivity index (χ2v) is 6.52. The summed E-state index contributed by atoms with van der Waals surface area (Å²) in [6.07, 6.45) is 0.167. The van der Waals surface area contributed by atoms with Gasteiger partial charge in [-0.05, 0) is 49.1 Å². The fourth-order valence-electron chi connectivity index (χ4n) is 2.37. The van der Waals surface area contributed by atoms with Crippen molar-refractivity contribution in [1.29, 1.82) is 0 Å². The van der Waals surface area contributed by atoms with Crippen LogP contribution in [-0.2, 0) is 0 Å². The molecule has 0 radical (unpaired) electrons. The monoisotopic (exact) mass is 297 g/mol. The Morgan fingerprint density at radius 3 is 2.57 bits per heavy atom. The van der Waals surface area contributed by atoms with Crippen molar-refractivity contribution in [3.05, 3.63) is 65.0 Å². The molecule has 21 heavy (non-hydrogen) atoms. The Bertz CT molecular complexity index is 715. The van der Waals surface area contributed by atoms with Crippen molar-refractivity contribution in [1.82, 2.24) is 0 Å². The molecule has 0 amide bonds. The highest BCUT2D eigenvalue weighted by atomic mass is 32.1. The molecule has 3 aromatic rings. The lowest BCUT2D eigenvalue weighted by Gasteiger charge is -2.14. The molecule has 0 aliphatic heterocycles. The minimum atomic E-state index is -0.113. The van der Waals surface area contributed by atoms with Gasteiger partial charge in [0.2, 0.25) is 0 Å². The second-order valence-electron chi connectivity index (χ2n) is 5.40. The van der Waals surface area contributed by atoms with Gasteiger partial charge in [0.1, 0.15) is 5.75 Å². The zero-order chi connectivity index (χ0) is 14.8. The molecule has 2 N–H and O–H groups in total. The first kappa shape index (κ1) is 14.1. The SMILES string of the molecule is CC(C)Oc1cccc(C(N)c2cc3ccccc3s2)c1. The largest absolute Gasteiger partial charge is 0.491 e. The molecule has 2 nitrogen and oxygen atoms in total. The highest BCUT2D eigenvalue weighted by Gasteiger charge is 2.13. The van der Waals surface area contributed by atoms with Gasteiger partial charge >= 0.3 is 0 Å². The van der Waals surface area contributed by atoms with Crippen LogP contribution in [0.3, 0.4) is 0 Å². The van der Waals surface area contributed by atoms with Crippen LogP contribution < -0.4 is 10.5 Å². The van der Waals surface area contributed by atoms with Gasteiger partial charge in [-0.15, -0.1) is 11.3 Å². The van der Waals surface area contributed by atoms with E-state index < -0.39 is 0 Å². The molecule has 0 bridgehead atoms. The number of nitrogens with two attached hydrogens (primary N) is 1. The van der Waals surface area contributed by atoms with Crippen molar-refractivity contribution in [2.75, 3.05) is 0 Å². The van der Waals surface area contributed by atoms with Crippen LogP contribution in [0.4, 0.5) is 0 Å². The minimum absolute atomic E-state index is 0.113. The highest BCUT2D eigenvalue weighted by molar-refractivity contribution is 7.19. The third-order valence-corrected chi connectivity index (χ3v) is 4.54. The Labute approximate surface area is 129 Å². The fraction of sp³-hybridized carbons (Fsp3) is 0.222. The van der Waals surface area contributed by atoms with Gasteiger partial charge in [0, 0.05) is 9.58 Å². The van der Waals surface area contributed by atoms with Crippen molar-refractivity contribution in [3.8, 4) is 5.75 Å². The van der Waals surface area contributed by atoms with E-state index in [0.29, 0.717) is 0 Å². The summed E-state index contributed by atoms with van der Waals surface area (Å²) in [4.78, 5) is 1.18. The smallest absolute Gasteiger partial charge is 0.120 e. The minimum Gasteiger partial charge on any atom is -0.491 e. The first-order valence-electron chi connectivity index (χ1n) is 7.14. The number of hydrogen-bond donors (Lipinski definition) is 1. The van der Waals surface area contributed by atoms with E-state index in [0.717, 1.165) is 11.3 Å². The predicted octanol–water partition coefficient (Wildman–Crippen LogP) is 4.74. The van der Waals surface area contributed by atoms with E-state index in [1.807, 2.05) is 32.0 Å². The molecule has 3 heteroatoms. The van der Waals surface area contributed by atoms with Crippen LogP contribution in [0.1, 0.15) is 30.3 Å². The van der Waals surface area contributed by atoms with Gasteiger partial charge in [0.05, 0.1) is 12.1 Å². The molecular formula is C18H19NOS.